The number of piperidine rings is 1. The topological polar surface area (TPSA) is 70.4 Å². The zero-order valence-electron chi connectivity index (χ0n) is 21.3. The van der Waals surface area contributed by atoms with Crippen molar-refractivity contribution in [2.24, 2.45) is 5.92 Å². The fraction of sp³-hybridized carbons (Fsp3) is 0.429. The van der Waals surface area contributed by atoms with Crippen molar-refractivity contribution in [3.8, 4) is 5.82 Å². The molecule has 2 aliphatic heterocycles. The average molecular weight is 486 g/mol. The van der Waals surface area contributed by atoms with Crippen molar-refractivity contribution in [3.63, 3.8) is 0 Å². The van der Waals surface area contributed by atoms with E-state index in [4.69, 9.17) is 0 Å². The number of amides is 1. The number of rotatable bonds is 6. The number of carbonyl (C=O) groups is 1. The van der Waals surface area contributed by atoms with E-state index >= 15 is 0 Å². The van der Waals surface area contributed by atoms with Gasteiger partial charge < -0.3 is 9.80 Å². The summed E-state index contributed by atoms with van der Waals surface area (Å²) in [6, 6.07) is 16.4. The maximum Gasteiger partial charge on any atom is 0.225 e. The first-order valence-electron chi connectivity index (χ1n) is 12.9. The summed E-state index contributed by atoms with van der Waals surface area (Å²) in [5.41, 5.74) is 3.23. The van der Waals surface area contributed by atoms with E-state index in [1.807, 2.05) is 42.8 Å². The number of benzene rings is 1. The van der Waals surface area contributed by atoms with Gasteiger partial charge in [0.05, 0.1) is 5.69 Å². The lowest BCUT2D eigenvalue weighted by Crippen LogP contribution is -2.51. The summed E-state index contributed by atoms with van der Waals surface area (Å²) in [4.78, 5) is 19.9. The van der Waals surface area contributed by atoms with E-state index in [9.17, 15) is 4.79 Å². The Morgan fingerprint density at radius 1 is 0.917 bits per heavy atom. The Kier molecular flexibility index (Phi) is 7.41. The zero-order chi connectivity index (χ0) is 24.9. The summed E-state index contributed by atoms with van der Waals surface area (Å²) in [7, 11) is 0. The third-order valence-electron chi connectivity index (χ3n) is 7.19. The number of hydrogen-bond donors (Lipinski definition) is 0. The molecule has 36 heavy (non-hydrogen) atoms. The molecule has 0 radical (unpaired) electrons. The standard InChI is InChI=1S/C28H35N7O/c1-22-21-23(2)35(31-22)27-11-10-26(29-30-27)33-15-12-25(13-16-33)28(36)34-19-17-32(18-20-34)14-6-9-24-7-4-3-5-8-24/h3-11,21,25H,12-20H2,1-2H3/b9-6+. The summed E-state index contributed by atoms with van der Waals surface area (Å²) in [6.07, 6.45) is 6.11. The highest BCUT2D eigenvalue weighted by molar-refractivity contribution is 5.79. The monoisotopic (exact) mass is 485 g/mol. The van der Waals surface area contributed by atoms with E-state index < -0.39 is 0 Å². The molecule has 2 aromatic heterocycles. The fourth-order valence-corrected chi connectivity index (χ4v) is 5.13. The van der Waals surface area contributed by atoms with Crippen LogP contribution >= 0.6 is 0 Å². The molecule has 4 heterocycles. The molecule has 1 aromatic carbocycles. The molecule has 0 aliphatic carbocycles. The van der Waals surface area contributed by atoms with Crippen molar-refractivity contribution < 1.29 is 4.79 Å². The molecule has 2 saturated heterocycles. The van der Waals surface area contributed by atoms with Gasteiger partial charge in [-0.3, -0.25) is 9.69 Å². The van der Waals surface area contributed by atoms with E-state index in [0.29, 0.717) is 5.91 Å². The van der Waals surface area contributed by atoms with E-state index in [2.05, 4.69) is 66.4 Å². The lowest BCUT2D eigenvalue weighted by atomic mass is 9.95. The summed E-state index contributed by atoms with van der Waals surface area (Å²) >= 11 is 0. The zero-order valence-corrected chi connectivity index (χ0v) is 21.3. The van der Waals surface area contributed by atoms with Crippen LogP contribution in [0.25, 0.3) is 11.9 Å². The van der Waals surface area contributed by atoms with Crippen molar-refractivity contribution in [1.82, 2.24) is 29.8 Å². The quantitative estimate of drug-likeness (QED) is 0.533. The molecule has 0 spiro atoms. The van der Waals surface area contributed by atoms with Crippen LogP contribution in [0.3, 0.4) is 0 Å². The summed E-state index contributed by atoms with van der Waals surface area (Å²) in [5.74, 6) is 2.01. The molecule has 2 aliphatic rings. The van der Waals surface area contributed by atoms with Gasteiger partial charge in [0, 0.05) is 57.4 Å². The Balaban J connectivity index is 1.07. The van der Waals surface area contributed by atoms with Crippen LogP contribution in [-0.2, 0) is 4.79 Å². The van der Waals surface area contributed by atoms with Crippen LogP contribution in [0.4, 0.5) is 5.82 Å². The average Bonchev–Trinajstić information content (AvgIpc) is 3.27. The van der Waals surface area contributed by atoms with Gasteiger partial charge in [-0.1, -0.05) is 42.5 Å². The number of nitrogens with zero attached hydrogens (tertiary/aromatic N) is 7. The van der Waals surface area contributed by atoms with Crippen LogP contribution in [0.15, 0.2) is 54.6 Å². The predicted molar refractivity (Wildman–Crippen MR) is 142 cm³/mol. The smallest absolute Gasteiger partial charge is 0.225 e. The van der Waals surface area contributed by atoms with Crippen LogP contribution < -0.4 is 4.90 Å². The summed E-state index contributed by atoms with van der Waals surface area (Å²) < 4.78 is 1.82. The normalized spacial score (nSPS) is 17.7. The minimum atomic E-state index is 0.104. The molecular weight excluding hydrogens is 450 g/mol. The summed E-state index contributed by atoms with van der Waals surface area (Å²) in [6.45, 7) is 10.1. The highest BCUT2D eigenvalue weighted by Gasteiger charge is 2.30. The Morgan fingerprint density at radius 2 is 1.61 bits per heavy atom. The first-order valence-corrected chi connectivity index (χ1v) is 12.9. The van der Waals surface area contributed by atoms with E-state index in [-0.39, 0.29) is 5.92 Å². The molecule has 2 fully saturated rings. The van der Waals surface area contributed by atoms with E-state index in [1.165, 1.54) is 5.56 Å². The number of piperazine rings is 1. The van der Waals surface area contributed by atoms with Gasteiger partial charge in [-0.25, -0.2) is 4.68 Å². The van der Waals surface area contributed by atoms with Gasteiger partial charge in [0.25, 0.3) is 0 Å². The van der Waals surface area contributed by atoms with Crippen molar-refractivity contribution in [2.45, 2.75) is 26.7 Å². The number of anilines is 1. The molecule has 1 amide bonds. The highest BCUT2D eigenvalue weighted by Crippen LogP contribution is 2.24. The van der Waals surface area contributed by atoms with Crippen LogP contribution in [0.1, 0.15) is 29.8 Å². The van der Waals surface area contributed by atoms with Gasteiger partial charge in [-0.05, 0) is 50.5 Å². The fourth-order valence-electron chi connectivity index (χ4n) is 5.13. The minimum Gasteiger partial charge on any atom is -0.355 e. The maximum absolute atomic E-state index is 13.2. The second kappa shape index (κ2) is 11.0. The molecule has 0 atom stereocenters. The Hall–Kier alpha value is -3.52. The molecular formula is C28H35N7O. The van der Waals surface area contributed by atoms with Crippen molar-refractivity contribution >= 4 is 17.8 Å². The SMILES string of the molecule is Cc1cc(C)n(-c2ccc(N3CCC(C(=O)N4CCN(C/C=C/c5ccccc5)CC4)CC3)nn2)n1. The van der Waals surface area contributed by atoms with Gasteiger partial charge in [-0.2, -0.15) is 5.10 Å². The van der Waals surface area contributed by atoms with Crippen molar-refractivity contribution in [3.05, 3.63) is 71.6 Å². The molecule has 8 heteroatoms. The molecule has 5 rings (SSSR count). The van der Waals surface area contributed by atoms with E-state index in [1.54, 1.807) is 0 Å². The van der Waals surface area contributed by atoms with Crippen molar-refractivity contribution in [1.29, 1.82) is 0 Å². The maximum atomic E-state index is 13.2. The van der Waals surface area contributed by atoms with Crippen LogP contribution in [-0.4, -0.2) is 81.5 Å². The number of hydrogen-bond acceptors (Lipinski definition) is 6. The molecule has 188 valence electrons. The molecule has 0 unspecified atom stereocenters. The molecule has 3 aromatic rings. The van der Waals surface area contributed by atoms with Crippen LogP contribution in [0, 0.1) is 19.8 Å². The molecule has 0 bridgehead atoms. The Labute approximate surface area is 213 Å². The second-order valence-electron chi connectivity index (χ2n) is 9.79. The van der Waals surface area contributed by atoms with E-state index in [0.717, 1.165) is 81.7 Å². The number of aromatic nitrogens is 4. The molecule has 0 N–H and O–H groups in total. The highest BCUT2D eigenvalue weighted by atomic mass is 16.2. The van der Waals surface area contributed by atoms with Gasteiger partial charge in [0.2, 0.25) is 5.91 Å². The van der Waals surface area contributed by atoms with Crippen LogP contribution in [0.2, 0.25) is 0 Å². The lowest BCUT2D eigenvalue weighted by Gasteiger charge is -2.38. The van der Waals surface area contributed by atoms with Gasteiger partial charge >= 0.3 is 0 Å². The Bertz CT molecular complexity index is 1170. The lowest BCUT2D eigenvalue weighted by molar-refractivity contribution is -0.137. The van der Waals surface area contributed by atoms with Gasteiger partial charge in [-0.15, -0.1) is 10.2 Å². The number of carbonyl (C=O) groups excluding carboxylic acids is 1. The van der Waals surface area contributed by atoms with Crippen molar-refractivity contribution in [2.75, 3.05) is 50.7 Å². The third kappa shape index (κ3) is 5.65. The van der Waals surface area contributed by atoms with Gasteiger partial charge in [0.1, 0.15) is 0 Å². The van der Waals surface area contributed by atoms with Gasteiger partial charge in [0.15, 0.2) is 11.6 Å². The third-order valence-corrected chi connectivity index (χ3v) is 7.19. The Morgan fingerprint density at radius 3 is 2.25 bits per heavy atom. The summed E-state index contributed by atoms with van der Waals surface area (Å²) in [5, 5.41) is 13.3. The number of aryl methyl sites for hydroxylation is 2. The first-order chi connectivity index (χ1) is 17.6. The largest absolute Gasteiger partial charge is 0.355 e. The minimum absolute atomic E-state index is 0.104. The second-order valence-corrected chi connectivity index (χ2v) is 9.79. The predicted octanol–water partition coefficient (Wildman–Crippen LogP) is 3.35. The van der Waals surface area contributed by atoms with Crippen LogP contribution in [0.5, 0.6) is 0 Å². The molecule has 8 nitrogen and oxygen atoms in total. The molecule has 0 saturated carbocycles. The first kappa shape index (κ1) is 24.2.